The molecule has 3 atom stereocenters. The topological polar surface area (TPSA) is 110 Å². The van der Waals surface area contributed by atoms with E-state index in [-0.39, 0.29) is 13.1 Å². The number of aromatic nitrogens is 1. The second-order valence-electron chi connectivity index (χ2n) is 11.4. The maximum atomic E-state index is 14.3. The largest absolute Gasteiger partial charge is 0.573 e. The lowest BCUT2D eigenvalue weighted by Gasteiger charge is -2.42. The minimum Gasteiger partial charge on any atom is -0.444 e. The van der Waals surface area contributed by atoms with Gasteiger partial charge in [0, 0.05) is 34.9 Å². The Balaban J connectivity index is 1.56. The molecule has 2 heterocycles. The van der Waals surface area contributed by atoms with E-state index in [0.717, 1.165) is 24.3 Å². The van der Waals surface area contributed by atoms with Crippen molar-refractivity contribution in [2.75, 3.05) is 13.1 Å². The molecular formula is C29H28F5N3O6S. The van der Waals surface area contributed by atoms with Gasteiger partial charge in [-0.2, -0.15) is 0 Å². The minimum atomic E-state index is -4.98. The van der Waals surface area contributed by atoms with Crippen molar-refractivity contribution in [2.45, 2.75) is 55.8 Å². The summed E-state index contributed by atoms with van der Waals surface area (Å²) in [5.41, 5.74) is -0.132. The molecule has 0 saturated carbocycles. The van der Waals surface area contributed by atoms with E-state index < -0.39 is 68.5 Å². The average molecular weight is 642 g/mol. The van der Waals surface area contributed by atoms with Crippen LogP contribution in [0.15, 0.2) is 65.6 Å². The molecule has 1 aliphatic heterocycles. The Hall–Kier alpha value is -3.95. The van der Waals surface area contributed by atoms with Crippen molar-refractivity contribution >= 4 is 37.9 Å². The summed E-state index contributed by atoms with van der Waals surface area (Å²) in [6.07, 6.45) is -7.27. The standard InChI is InChI=1S/C29H28F5N3O6S/c1-28(2,3)43-27(39)36-14-22(35-44(40,41)19-8-6-18(7-9-19)42-29(32,33)34)26(38)25(15-36)37-23-10-4-16(30)12-20(23)21-13-17(31)5-11-24(21)37/h4-13,22,25-26,35,38H,14-15H2,1-3H3. The van der Waals surface area contributed by atoms with Gasteiger partial charge in [-0.05, 0) is 81.4 Å². The number of benzene rings is 3. The van der Waals surface area contributed by atoms with Crippen molar-refractivity contribution in [1.29, 1.82) is 0 Å². The Bertz CT molecular complexity index is 1760. The lowest BCUT2D eigenvalue weighted by molar-refractivity contribution is -0.274. The summed E-state index contributed by atoms with van der Waals surface area (Å²) >= 11 is 0. The summed E-state index contributed by atoms with van der Waals surface area (Å²) in [4.78, 5) is 14.0. The molecule has 0 radical (unpaired) electrons. The van der Waals surface area contributed by atoms with Crippen molar-refractivity contribution in [3.05, 3.63) is 72.3 Å². The van der Waals surface area contributed by atoms with Crippen molar-refractivity contribution in [3.63, 3.8) is 0 Å². The predicted molar refractivity (Wildman–Crippen MR) is 149 cm³/mol. The van der Waals surface area contributed by atoms with Crippen molar-refractivity contribution < 1.29 is 49.7 Å². The van der Waals surface area contributed by atoms with Crippen LogP contribution in [0.3, 0.4) is 0 Å². The first-order valence-electron chi connectivity index (χ1n) is 13.3. The molecule has 236 valence electrons. The van der Waals surface area contributed by atoms with Crippen LogP contribution in [0.5, 0.6) is 5.75 Å². The number of fused-ring (bicyclic) bond motifs is 3. The van der Waals surface area contributed by atoms with E-state index in [1.54, 1.807) is 25.3 Å². The van der Waals surface area contributed by atoms with Crippen molar-refractivity contribution in [2.24, 2.45) is 0 Å². The van der Waals surface area contributed by atoms with E-state index in [0.29, 0.717) is 21.8 Å². The van der Waals surface area contributed by atoms with Crippen LogP contribution in [0.2, 0.25) is 0 Å². The summed E-state index contributed by atoms with van der Waals surface area (Å²) < 4.78 is 106. The van der Waals surface area contributed by atoms with Gasteiger partial charge in [0.15, 0.2) is 0 Å². The number of rotatable bonds is 5. The van der Waals surface area contributed by atoms with Gasteiger partial charge in [0.2, 0.25) is 10.0 Å². The SMILES string of the molecule is CC(C)(C)OC(=O)N1CC(NS(=O)(=O)c2ccc(OC(F)(F)F)cc2)C(O)C(n2c3ccc(F)cc3c3cc(F)ccc32)C1. The monoisotopic (exact) mass is 641 g/mol. The Labute approximate surface area is 248 Å². The van der Waals surface area contributed by atoms with E-state index >= 15 is 0 Å². The van der Waals surface area contributed by atoms with Gasteiger partial charge in [0.05, 0.1) is 23.1 Å². The fraction of sp³-hybridized carbons (Fsp3) is 0.345. The second kappa shape index (κ2) is 11.2. The number of carbonyl (C=O) groups excluding carboxylic acids is 1. The van der Waals surface area contributed by atoms with Gasteiger partial charge >= 0.3 is 12.5 Å². The first-order valence-corrected chi connectivity index (χ1v) is 14.8. The zero-order valence-corrected chi connectivity index (χ0v) is 24.4. The molecule has 4 aromatic rings. The molecule has 1 aliphatic rings. The summed E-state index contributed by atoms with van der Waals surface area (Å²) in [6.45, 7) is 4.43. The van der Waals surface area contributed by atoms with Crippen LogP contribution < -0.4 is 9.46 Å². The van der Waals surface area contributed by atoms with Gasteiger partial charge in [0.1, 0.15) is 23.0 Å². The highest BCUT2D eigenvalue weighted by molar-refractivity contribution is 7.89. The number of aliphatic hydroxyl groups excluding tert-OH is 1. The highest BCUT2D eigenvalue weighted by Crippen LogP contribution is 2.37. The lowest BCUT2D eigenvalue weighted by Crippen LogP contribution is -2.60. The number of nitrogens with zero attached hydrogens (tertiary/aromatic N) is 2. The molecule has 1 fully saturated rings. The van der Waals surface area contributed by atoms with Crippen LogP contribution in [0, 0.1) is 11.6 Å². The van der Waals surface area contributed by atoms with E-state index in [1.165, 1.54) is 41.3 Å². The number of amides is 1. The van der Waals surface area contributed by atoms with E-state index in [9.17, 15) is 40.3 Å². The maximum Gasteiger partial charge on any atom is 0.573 e. The number of ether oxygens (including phenoxy) is 2. The molecule has 1 saturated heterocycles. The molecule has 1 aromatic heterocycles. The van der Waals surface area contributed by atoms with Gasteiger partial charge < -0.3 is 24.0 Å². The number of likely N-dealkylation sites (tertiary alicyclic amines) is 1. The maximum absolute atomic E-state index is 14.3. The second-order valence-corrected chi connectivity index (χ2v) is 13.1. The summed E-state index contributed by atoms with van der Waals surface area (Å²) in [5.74, 6) is -1.81. The normalized spacial score (nSPS) is 19.8. The van der Waals surface area contributed by atoms with Crippen LogP contribution in [0.4, 0.5) is 26.7 Å². The average Bonchev–Trinajstić information content (AvgIpc) is 3.20. The quantitative estimate of drug-likeness (QED) is 0.280. The van der Waals surface area contributed by atoms with Crippen LogP contribution in [-0.4, -0.2) is 66.3 Å². The fourth-order valence-corrected chi connectivity index (χ4v) is 6.52. The molecule has 3 unspecified atom stereocenters. The number of alkyl halides is 3. The Morgan fingerprint density at radius 1 is 0.909 bits per heavy atom. The number of carbonyl (C=O) groups is 1. The van der Waals surface area contributed by atoms with Crippen LogP contribution in [0.25, 0.3) is 21.8 Å². The lowest BCUT2D eigenvalue weighted by atomic mass is 9.97. The van der Waals surface area contributed by atoms with Gasteiger partial charge in [-0.25, -0.2) is 26.7 Å². The van der Waals surface area contributed by atoms with E-state index in [2.05, 4.69) is 9.46 Å². The smallest absolute Gasteiger partial charge is 0.444 e. The fourth-order valence-electron chi connectivity index (χ4n) is 5.28. The number of aliphatic hydroxyl groups is 1. The van der Waals surface area contributed by atoms with E-state index in [4.69, 9.17) is 4.74 Å². The molecule has 0 aliphatic carbocycles. The third-order valence-electron chi connectivity index (χ3n) is 7.01. The van der Waals surface area contributed by atoms with Crippen LogP contribution >= 0.6 is 0 Å². The number of hydrogen-bond donors (Lipinski definition) is 2. The molecule has 15 heteroatoms. The number of halogens is 5. The van der Waals surface area contributed by atoms with Gasteiger partial charge in [-0.3, -0.25) is 0 Å². The van der Waals surface area contributed by atoms with Crippen molar-refractivity contribution in [3.8, 4) is 5.75 Å². The molecule has 9 nitrogen and oxygen atoms in total. The third-order valence-corrected chi connectivity index (χ3v) is 8.52. The molecule has 0 bridgehead atoms. The minimum absolute atomic E-state index is 0.161. The molecule has 0 spiro atoms. The zero-order valence-electron chi connectivity index (χ0n) is 23.6. The predicted octanol–water partition coefficient (Wildman–Crippen LogP) is 5.47. The number of piperidine rings is 1. The third kappa shape index (κ3) is 6.59. The Kier molecular flexibility index (Phi) is 8.01. The summed E-state index contributed by atoms with van der Waals surface area (Å²) in [5, 5.41) is 12.3. The first kappa shape index (κ1) is 31.5. The number of nitrogens with one attached hydrogen (secondary N) is 1. The molecule has 1 amide bonds. The Morgan fingerprint density at radius 3 is 1.95 bits per heavy atom. The number of hydrogen-bond acceptors (Lipinski definition) is 6. The summed E-state index contributed by atoms with van der Waals surface area (Å²) in [7, 11) is -4.46. The highest BCUT2D eigenvalue weighted by atomic mass is 32.2. The molecular weight excluding hydrogens is 613 g/mol. The van der Waals surface area contributed by atoms with Gasteiger partial charge in [-0.15, -0.1) is 13.2 Å². The number of sulfonamides is 1. The molecule has 44 heavy (non-hydrogen) atoms. The first-order chi connectivity index (χ1) is 20.4. The molecule has 2 N–H and O–H groups in total. The Morgan fingerprint density at radius 2 is 1.45 bits per heavy atom. The van der Waals surface area contributed by atoms with Gasteiger partial charge in [-0.1, -0.05) is 0 Å². The van der Waals surface area contributed by atoms with Crippen molar-refractivity contribution in [1.82, 2.24) is 14.2 Å². The molecule has 3 aromatic carbocycles. The van der Waals surface area contributed by atoms with Crippen LogP contribution in [0.1, 0.15) is 26.8 Å². The molecule has 5 rings (SSSR count). The van der Waals surface area contributed by atoms with Gasteiger partial charge in [0.25, 0.3) is 0 Å². The highest BCUT2D eigenvalue weighted by Gasteiger charge is 2.43. The summed E-state index contributed by atoms with van der Waals surface area (Å²) in [6, 6.07) is 8.72. The van der Waals surface area contributed by atoms with E-state index in [1.807, 2.05) is 0 Å². The zero-order chi connectivity index (χ0) is 32.2. The van der Waals surface area contributed by atoms with Crippen LogP contribution in [-0.2, 0) is 14.8 Å².